The summed E-state index contributed by atoms with van der Waals surface area (Å²) in [6.07, 6.45) is -1.16. The molecule has 0 unspecified atom stereocenters. The number of amides is 1. The van der Waals surface area contributed by atoms with Gasteiger partial charge >= 0.3 is 0 Å². The monoisotopic (exact) mass is 446 g/mol. The quantitative estimate of drug-likeness (QED) is 0.603. The van der Waals surface area contributed by atoms with Crippen molar-refractivity contribution in [1.82, 2.24) is 10.3 Å². The van der Waals surface area contributed by atoms with Gasteiger partial charge in [-0.25, -0.2) is 8.78 Å². The van der Waals surface area contributed by atoms with Crippen molar-refractivity contribution in [3.63, 3.8) is 0 Å². The van der Waals surface area contributed by atoms with Crippen LogP contribution in [0.5, 0.6) is 0 Å². The minimum atomic E-state index is -1.16. The molecule has 1 amide bonds. The molecule has 2 N–H and O–H groups in total. The minimum Gasteiger partial charge on any atom is -0.387 e. The van der Waals surface area contributed by atoms with Crippen LogP contribution in [0.25, 0.3) is 11.3 Å². The average molecular weight is 447 g/mol. The molecule has 2 aromatic carbocycles. The van der Waals surface area contributed by atoms with Crippen LogP contribution in [-0.2, 0) is 0 Å². The van der Waals surface area contributed by atoms with E-state index in [-0.39, 0.29) is 12.1 Å². The van der Waals surface area contributed by atoms with Crippen molar-refractivity contribution in [1.29, 1.82) is 0 Å². The molecule has 4 nitrogen and oxygen atoms in total. The topological polar surface area (TPSA) is 62.2 Å². The first-order valence-electron chi connectivity index (χ1n) is 8.50. The van der Waals surface area contributed by atoms with Crippen LogP contribution in [-0.4, -0.2) is 22.5 Å². The molecule has 0 saturated carbocycles. The Balaban J connectivity index is 1.69. The van der Waals surface area contributed by atoms with Gasteiger partial charge in [-0.15, -0.1) is 0 Å². The molecular formula is C21H17BrF2N2O2. The molecule has 7 heteroatoms. The summed E-state index contributed by atoms with van der Waals surface area (Å²) in [6, 6.07) is 14.2. The number of rotatable bonds is 5. The first-order valence-corrected chi connectivity index (χ1v) is 9.29. The highest BCUT2D eigenvalue weighted by molar-refractivity contribution is 9.10. The van der Waals surface area contributed by atoms with Crippen molar-refractivity contribution in [3.8, 4) is 11.3 Å². The van der Waals surface area contributed by atoms with Crippen LogP contribution < -0.4 is 5.32 Å². The number of aliphatic hydroxyl groups excluding tert-OH is 1. The average Bonchev–Trinajstić information content (AvgIpc) is 2.68. The Hall–Kier alpha value is -2.64. The van der Waals surface area contributed by atoms with Gasteiger partial charge in [0.15, 0.2) is 11.6 Å². The zero-order valence-electron chi connectivity index (χ0n) is 14.9. The summed E-state index contributed by atoms with van der Waals surface area (Å²) in [5.74, 6) is -2.45. The largest absolute Gasteiger partial charge is 0.387 e. The van der Waals surface area contributed by atoms with Crippen molar-refractivity contribution in [2.75, 3.05) is 6.54 Å². The van der Waals surface area contributed by atoms with Crippen LogP contribution in [0.4, 0.5) is 8.78 Å². The number of hydrogen-bond donors (Lipinski definition) is 2. The highest BCUT2D eigenvalue weighted by Crippen LogP contribution is 2.22. The number of nitrogens with one attached hydrogen (secondary N) is 1. The summed E-state index contributed by atoms with van der Waals surface area (Å²) < 4.78 is 27.2. The number of pyridine rings is 1. The Morgan fingerprint density at radius 2 is 1.93 bits per heavy atom. The van der Waals surface area contributed by atoms with Crippen LogP contribution in [0, 0.1) is 18.6 Å². The molecule has 0 radical (unpaired) electrons. The second-order valence-electron chi connectivity index (χ2n) is 6.24. The minimum absolute atomic E-state index is 0.142. The number of hydrogen-bond acceptors (Lipinski definition) is 3. The Kier molecular flexibility index (Phi) is 6.16. The molecule has 0 bridgehead atoms. The summed E-state index contributed by atoms with van der Waals surface area (Å²) in [6.45, 7) is 1.58. The van der Waals surface area contributed by atoms with E-state index in [1.807, 2.05) is 24.3 Å². The summed E-state index contributed by atoms with van der Waals surface area (Å²) >= 11 is 3.42. The Morgan fingerprint density at radius 1 is 1.14 bits per heavy atom. The zero-order chi connectivity index (χ0) is 20.3. The fraction of sp³-hybridized carbons (Fsp3) is 0.143. The van der Waals surface area contributed by atoms with Gasteiger partial charge in [-0.1, -0.05) is 34.1 Å². The summed E-state index contributed by atoms with van der Waals surface area (Å²) in [4.78, 5) is 16.9. The van der Waals surface area contributed by atoms with Gasteiger partial charge in [-0.2, -0.15) is 0 Å². The lowest BCUT2D eigenvalue weighted by molar-refractivity contribution is 0.0915. The first kappa shape index (κ1) is 20.1. The zero-order valence-corrected chi connectivity index (χ0v) is 16.5. The van der Waals surface area contributed by atoms with Crippen LogP contribution in [0.2, 0.25) is 0 Å². The Bertz CT molecular complexity index is 1030. The van der Waals surface area contributed by atoms with E-state index in [4.69, 9.17) is 0 Å². The number of nitrogens with zero attached hydrogens (tertiary/aromatic N) is 1. The molecule has 1 heterocycles. The predicted molar refractivity (Wildman–Crippen MR) is 106 cm³/mol. The Labute approximate surface area is 169 Å². The van der Waals surface area contributed by atoms with Crippen LogP contribution in [0.1, 0.15) is 27.7 Å². The van der Waals surface area contributed by atoms with Crippen LogP contribution >= 0.6 is 15.9 Å². The van der Waals surface area contributed by atoms with Crippen molar-refractivity contribution in [2.45, 2.75) is 13.0 Å². The maximum atomic E-state index is 13.3. The second kappa shape index (κ2) is 8.58. The molecule has 1 aromatic heterocycles. The van der Waals surface area contributed by atoms with Gasteiger partial charge in [-0.05, 0) is 48.9 Å². The van der Waals surface area contributed by atoms with E-state index >= 15 is 0 Å². The van der Waals surface area contributed by atoms with E-state index in [9.17, 15) is 18.7 Å². The molecule has 144 valence electrons. The van der Waals surface area contributed by atoms with Gasteiger partial charge in [0.1, 0.15) is 0 Å². The molecule has 0 aliphatic heterocycles. The smallest absolute Gasteiger partial charge is 0.253 e. The molecular weight excluding hydrogens is 430 g/mol. The third kappa shape index (κ3) is 4.61. The molecule has 1 atom stereocenters. The molecule has 28 heavy (non-hydrogen) atoms. The summed E-state index contributed by atoms with van der Waals surface area (Å²) in [5, 5.41) is 12.7. The normalized spacial score (nSPS) is 11.9. The van der Waals surface area contributed by atoms with Gasteiger partial charge in [-0.3, -0.25) is 9.78 Å². The summed E-state index contributed by atoms with van der Waals surface area (Å²) in [7, 11) is 0. The molecule has 3 rings (SSSR count). The van der Waals surface area contributed by atoms with Crippen LogP contribution in [0.3, 0.4) is 0 Å². The maximum Gasteiger partial charge on any atom is 0.253 e. The third-order valence-corrected chi connectivity index (χ3v) is 4.73. The third-order valence-electron chi connectivity index (χ3n) is 4.24. The SMILES string of the molecule is Cc1nc(-c2cccc(Br)c2)ccc1C(=O)NC[C@@H](O)c1ccc(F)c(F)c1. The van der Waals surface area contributed by atoms with E-state index < -0.39 is 23.6 Å². The van der Waals surface area contributed by atoms with Gasteiger partial charge in [0.2, 0.25) is 0 Å². The number of aliphatic hydroxyl groups is 1. The molecule has 0 aliphatic carbocycles. The van der Waals surface area contributed by atoms with Crippen molar-refractivity contribution in [2.24, 2.45) is 0 Å². The highest BCUT2D eigenvalue weighted by Gasteiger charge is 2.15. The van der Waals surface area contributed by atoms with Crippen molar-refractivity contribution >= 4 is 21.8 Å². The number of carbonyl (C=O) groups is 1. The van der Waals surface area contributed by atoms with E-state index in [0.29, 0.717) is 11.3 Å². The van der Waals surface area contributed by atoms with Crippen LogP contribution in [0.15, 0.2) is 59.1 Å². The number of carbonyl (C=O) groups excluding carboxylic acids is 1. The van der Waals surface area contributed by atoms with Gasteiger partial charge < -0.3 is 10.4 Å². The summed E-state index contributed by atoms with van der Waals surface area (Å²) in [5.41, 5.74) is 2.74. The molecule has 3 aromatic rings. The molecule has 0 saturated heterocycles. The molecule has 0 aliphatic rings. The predicted octanol–water partition coefficient (Wildman–Crippen LogP) is 4.56. The van der Waals surface area contributed by atoms with E-state index in [2.05, 4.69) is 26.2 Å². The maximum absolute atomic E-state index is 13.3. The van der Waals surface area contributed by atoms with Gasteiger partial charge in [0.05, 0.1) is 23.1 Å². The first-order chi connectivity index (χ1) is 13.3. The fourth-order valence-corrected chi connectivity index (χ4v) is 3.13. The fourth-order valence-electron chi connectivity index (χ4n) is 2.73. The second-order valence-corrected chi connectivity index (χ2v) is 7.15. The number of aromatic nitrogens is 1. The van der Waals surface area contributed by atoms with E-state index in [1.54, 1.807) is 19.1 Å². The van der Waals surface area contributed by atoms with Gasteiger partial charge in [0.25, 0.3) is 5.91 Å². The van der Waals surface area contributed by atoms with Gasteiger partial charge in [0, 0.05) is 16.6 Å². The standard InChI is InChI=1S/C21H17BrF2N2O2/c1-12-16(6-8-19(26-12)13-3-2-4-15(22)9-13)21(28)25-11-20(27)14-5-7-17(23)18(24)10-14/h2-10,20,27H,11H2,1H3,(H,25,28)/t20-/m1/s1. The van der Waals surface area contributed by atoms with Crippen molar-refractivity contribution < 1.29 is 18.7 Å². The van der Waals surface area contributed by atoms with E-state index in [1.165, 1.54) is 6.07 Å². The molecule has 0 fully saturated rings. The number of benzene rings is 2. The highest BCUT2D eigenvalue weighted by atomic mass is 79.9. The lowest BCUT2D eigenvalue weighted by Crippen LogP contribution is -2.29. The number of aryl methyl sites for hydroxylation is 1. The van der Waals surface area contributed by atoms with Crippen molar-refractivity contribution in [3.05, 3.63) is 87.5 Å². The molecule has 0 spiro atoms. The Morgan fingerprint density at radius 3 is 2.61 bits per heavy atom. The lowest BCUT2D eigenvalue weighted by Gasteiger charge is -2.14. The lowest BCUT2D eigenvalue weighted by atomic mass is 10.1. The van der Waals surface area contributed by atoms with E-state index in [0.717, 1.165) is 27.9 Å². The number of halogens is 3.